The number of nitrogens with two attached hydrogens (primary N) is 1. The van der Waals surface area contributed by atoms with Gasteiger partial charge in [0, 0.05) is 0 Å². The number of fused-ring (bicyclic) bond motifs is 1. The first-order valence-corrected chi connectivity index (χ1v) is 5.64. The Morgan fingerprint density at radius 3 is 2.93 bits per heavy atom. The molecule has 0 amide bonds. The van der Waals surface area contributed by atoms with Crippen LogP contribution in [-0.2, 0) is 6.42 Å². The van der Waals surface area contributed by atoms with Crippen LogP contribution in [-0.4, -0.2) is 13.7 Å². The summed E-state index contributed by atoms with van der Waals surface area (Å²) in [5.41, 5.74) is 10.0. The van der Waals surface area contributed by atoms with Gasteiger partial charge in [-0.05, 0) is 61.4 Å². The van der Waals surface area contributed by atoms with Gasteiger partial charge in [0.25, 0.3) is 0 Å². The van der Waals surface area contributed by atoms with Crippen molar-refractivity contribution in [3.8, 4) is 5.75 Å². The molecule has 82 valence electrons. The van der Waals surface area contributed by atoms with Gasteiger partial charge in [0.15, 0.2) is 0 Å². The molecule has 0 aliphatic heterocycles. The van der Waals surface area contributed by atoms with E-state index in [2.05, 4.69) is 19.1 Å². The maximum Gasteiger partial charge on any atom is 0.122 e. The highest BCUT2D eigenvalue weighted by Crippen LogP contribution is 2.38. The molecule has 0 spiro atoms. The Balaban J connectivity index is 2.53. The zero-order valence-corrected chi connectivity index (χ0v) is 9.55. The number of rotatable bonds is 2. The lowest BCUT2D eigenvalue weighted by atomic mass is 9.80. The second-order valence-electron chi connectivity index (χ2n) is 4.30. The first kappa shape index (κ1) is 10.5. The number of hydrogen-bond donors (Lipinski definition) is 1. The zero-order chi connectivity index (χ0) is 10.8. The maximum atomic E-state index is 5.84. The summed E-state index contributed by atoms with van der Waals surface area (Å²) in [4.78, 5) is 0. The minimum Gasteiger partial charge on any atom is -0.496 e. The van der Waals surface area contributed by atoms with E-state index >= 15 is 0 Å². The molecule has 2 nitrogen and oxygen atoms in total. The van der Waals surface area contributed by atoms with Crippen LogP contribution in [0.15, 0.2) is 12.1 Å². The Hall–Kier alpha value is -1.02. The molecule has 1 aromatic carbocycles. The van der Waals surface area contributed by atoms with E-state index in [4.69, 9.17) is 10.5 Å². The van der Waals surface area contributed by atoms with Gasteiger partial charge in [-0.25, -0.2) is 0 Å². The van der Waals surface area contributed by atoms with Crippen molar-refractivity contribution in [2.75, 3.05) is 13.7 Å². The third-order valence-corrected chi connectivity index (χ3v) is 3.42. The van der Waals surface area contributed by atoms with E-state index in [1.165, 1.54) is 29.5 Å². The van der Waals surface area contributed by atoms with Gasteiger partial charge in [0.05, 0.1) is 7.11 Å². The highest BCUT2D eigenvalue weighted by atomic mass is 16.5. The lowest BCUT2D eigenvalue weighted by molar-refractivity contribution is 0.403. The molecule has 0 bridgehead atoms. The molecule has 1 aliphatic carbocycles. The molecule has 0 aromatic heterocycles. The lowest BCUT2D eigenvalue weighted by Gasteiger charge is -2.27. The number of hydrogen-bond acceptors (Lipinski definition) is 2. The van der Waals surface area contributed by atoms with E-state index in [1.54, 1.807) is 7.11 Å². The Kier molecular flexibility index (Phi) is 2.96. The first-order valence-electron chi connectivity index (χ1n) is 5.64. The quantitative estimate of drug-likeness (QED) is 0.804. The van der Waals surface area contributed by atoms with E-state index in [0.29, 0.717) is 5.92 Å². The van der Waals surface area contributed by atoms with Crippen molar-refractivity contribution in [3.05, 3.63) is 28.8 Å². The van der Waals surface area contributed by atoms with Crippen LogP contribution in [0, 0.1) is 6.92 Å². The van der Waals surface area contributed by atoms with Crippen LogP contribution in [0.25, 0.3) is 0 Å². The number of aryl methyl sites for hydroxylation is 1. The summed E-state index contributed by atoms with van der Waals surface area (Å²) in [5, 5.41) is 0. The molecule has 0 fully saturated rings. The normalized spacial score (nSPS) is 19.8. The molecule has 15 heavy (non-hydrogen) atoms. The van der Waals surface area contributed by atoms with Crippen LogP contribution in [0.5, 0.6) is 5.75 Å². The van der Waals surface area contributed by atoms with Gasteiger partial charge in [0.2, 0.25) is 0 Å². The summed E-state index contributed by atoms with van der Waals surface area (Å²) in [7, 11) is 1.75. The molecule has 0 saturated heterocycles. The first-order chi connectivity index (χ1) is 7.27. The van der Waals surface area contributed by atoms with Gasteiger partial charge in [-0.15, -0.1) is 0 Å². The predicted octanol–water partition coefficient (Wildman–Crippen LogP) is 2.38. The second kappa shape index (κ2) is 4.23. The van der Waals surface area contributed by atoms with Gasteiger partial charge in [-0.2, -0.15) is 0 Å². The van der Waals surface area contributed by atoms with Gasteiger partial charge in [0.1, 0.15) is 5.75 Å². The van der Waals surface area contributed by atoms with E-state index in [9.17, 15) is 0 Å². The number of ether oxygens (including phenoxy) is 1. The summed E-state index contributed by atoms with van der Waals surface area (Å²) in [6, 6.07) is 4.22. The Morgan fingerprint density at radius 1 is 1.47 bits per heavy atom. The minimum atomic E-state index is 0.531. The number of methoxy groups -OCH3 is 1. The van der Waals surface area contributed by atoms with Crippen LogP contribution in [0.4, 0.5) is 0 Å². The SMILES string of the molecule is COc1ccc(C)c2c1CCCC2CN. The van der Waals surface area contributed by atoms with Crippen LogP contribution in [0.3, 0.4) is 0 Å². The standard InChI is InChI=1S/C13H19NO/c1-9-6-7-12(15-2)11-5-3-4-10(8-14)13(9)11/h6-7,10H,3-5,8,14H2,1-2H3. The predicted molar refractivity (Wildman–Crippen MR) is 62.5 cm³/mol. The van der Waals surface area contributed by atoms with E-state index in [0.717, 1.165) is 18.7 Å². The molecule has 2 N–H and O–H groups in total. The van der Waals surface area contributed by atoms with Crippen LogP contribution in [0.2, 0.25) is 0 Å². The molecule has 1 unspecified atom stereocenters. The number of benzene rings is 1. The highest BCUT2D eigenvalue weighted by molar-refractivity contribution is 5.48. The van der Waals surface area contributed by atoms with Crippen molar-refractivity contribution in [3.63, 3.8) is 0 Å². The molecular formula is C13H19NO. The van der Waals surface area contributed by atoms with Crippen LogP contribution < -0.4 is 10.5 Å². The van der Waals surface area contributed by atoms with Crippen molar-refractivity contribution in [2.45, 2.75) is 32.1 Å². The second-order valence-corrected chi connectivity index (χ2v) is 4.30. The monoisotopic (exact) mass is 205 g/mol. The van der Waals surface area contributed by atoms with Crippen LogP contribution >= 0.6 is 0 Å². The average Bonchev–Trinajstić information content (AvgIpc) is 2.29. The molecule has 0 heterocycles. The minimum absolute atomic E-state index is 0.531. The largest absolute Gasteiger partial charge is 0.496 e. The van der Waals surface area contributed by atoms with E-state index < -0.39 is 0 Å². The molecule has 2 heteroatoms. The third-order valence-electron chi connectivity index (χ3n) is 3.42. The summed E-state index contributed by atoms with van der Waals surface area (Å²) in [6.07, 6.45) is 3.59. The van der Waals surface area contributed by atoms with Gasteiger partial charge >= 0.3 is 0 Å². The average molecular weight is 205 g/mol. The van der Waals surface area contributed by atoms with Gasteiger partial charge < -0.3 is 10.5 Å². The van der Waals surface area contributed by atoms with Crippen molar-refractivity contribution in [1.82, 2.24) is 0 Å². The van der Waals surface area contributed by atoms with Crippen molar-refractivity contribution < 1.29 is 4.74 Å². The van der Waals surface area contributed by atoms with Crippen molar-refractivity contribution in [2.24, 2.45) is 5.73 Å². The summed E-state index contributed by atoms with van der Waals surface area (Å²) >= 11 is 0. The van der Waals surface area contributed by atoms with E-state index in [-0.39, 0.29) is 0 Å². The Bertz CT molecular complexity index is 360. The van der Waals surface area contributed by atoms with E-state index in [1.807, 2.05) is 0 Å². The topological polar surface area (TPSA) is 35.2 Å². The molecular weight excluding hydrogens is 186 g/mol. The highest BCUT2D eigenvalue weighted by Gasteiger charge is 2.23. The fourth-order valence-corrected chi connectivity index (χ4v) is 2.68. The maximum absolute atomic E-state index is 5.84. The Morgan fingerprint density at radius 2 is 2.27 bits per heavy atom. The van der Waals surface area contributed by atoms with Crippen molar-refractivity contribution in [1.29, 1.82) is 0 Å². The smallest absolute Gasteiger partial charge is 0.122 e. The Labute approximate surface area is 91.4 Å². The summed E-state index contributed by atoms with van der Waals surface area (Å²) < 4.78 is 5.42. The molecule has 1 atom stereocenters. The van der Waals surface area contributed by atoms with Crippen LogP contribution in [0.1, 0.15) is 35.4 Å². The third kappa shape index (κ3) is 1.74. The summed E-state index contributed by atoms with van der Waals surface area (Å²) in [5.74, 6) is 1.57. The molecule has 2 rings (SSSR count). The molecule has 1 aliphatic rings. The fourth-order valence-electron chi connectivity index (χ4n) is 2.68. The molecule has 1 aromatic rings. The van der Waals surface area contributed by atoms with Gasteiger partial charge in [-0.3, -0.25) is 0 Å². The summed E-state index contributed by atoms with van der Waals surface area (Å²) in [6.45, 7) is 2.92. The lowest BCUT2D eigenvalue weighted by Crippen LogP contribution is -2.20. The molecule has 0 radical (unpaired) electrons. The zero-order valence-electron chi connectivity index (χ0n) is 9.55. The van der Waals surface area contributed by atoms with Crippen molar-refractivity contribution >= 4 is 0 Å². The molecule has 0 saturated carbocycles. The fraction of sp³-hybridized carbons (Fsp3) is 0.538. The van der Waals surface area contributed by atoms with Gasteiger partial charge in [-0.1, -0.05) is 6.07 Å².